The molecule has 0 atom stereocenters. The molecule has 0 aliphatic rings. The van der Waals surface area contributed by atoms with E-state index in [4.69, 9.17) is 4.74 Å². The lowest BCUT2D eigenvalue weighted by atomic mass is 10.1. The van der Waals surface area contributed by atoms with Crippen LogP contribution in [-0.4, -0.2) is 23.1 Å². The molecule has 2 rings (SSSR count). The molecule has 5 nitrogen and oxygen atoms in total. The van der Waals surface area contributed by atoms with Crippen molar-refractivity contribution in [2.75, 3.05) is 6.54 Å². The second-order valence-electron chi connectivity index (χ2n) is 5.51. The largest absolute Gasteiger partial charge is 0.491 e. The topological polar surface area (TPSA) is 60.3 Å². The number of benzene rings is 1. The molecule has 1 N–H and O–H groups in total. The molecule has 0 saturated heterocycles. The van der Waals surface area contributed by atoms with Crippen LogP contribution in [0.1, 0.15) is 27.2 Å². The van der Waals surface area contributed by atoms with Gasteiger partial charge in [-0.1, -0.05) is 6.92 Å². The maximum atomic E-state index is 12.4. The Labute approximate surface area is 129 Å². The number of hydrogen-bond donors (Lipinski definition) is 1. The van der Waals surface area contributed by atoms with Crippen LogP contribution in [0, 0.1) is 0 Å². The van der Waals surface area contributed by atoms with E-state index < -0.39 is 0 Å². The van der Waals surface area contributed by atoms with Gasteiger partial charge in [-0.2, -0.15) is 0 Å². The summed E-state index contributed by atoms with van der Waals surface area (Å²) in [6, 6.07) is 7.20. The summed E-state index contributed by atoms with van der Waals surface area (Å²) >= 11 is 0. The fraction of sp³-hybridized carbons (Fsp3) is 0.412. The minimum absolute atomic E-state index is 0.0407. The van der Waals surface area contributed by atoms with Gasteiger partial charge in [-0.3, -0.25) is 9.59 Å². The zero-order valence-corrected chi connectivity index (χ0v) is 13.3. The zero-order chi connectivity index (χ0) is 16.1. The Bertz CT molecular complexity index is 719. The first-order chi connectivity index (χ1) is 10.5. The van der Waals surface area contributed by atoms with E-state index in [0.29, 0.717) is 11.9 Å². The summed E-state index contributed by atoms with van der Waals surface area (Å²) in [6.45, 7) is 6.56. The van der Waals surface area contributed by atoms with E-state index in [2.05, 4.69) is 5.32 Å². The second kappa shape index (κ2) is 7.11. The highest BCUT2D eigenvalue weighted by atomic mass is 16.5. The Morgan fingerprint density at radius 1 is 1.32 bits per heavy atom. The van der Waals surface area contributed by atoms with Crippen LogP contribution in [0.15, 0.2) is 35.3 Å². The SMILES string of the molecule is CCCNC(=O)Cn1ccc2cc(OC(C)C)ccc2c1=O. The standard InChI is InChI=1S/C17H22N2O3/c1-4-8-18-16(20)11-19-9-7-13-10-14(22-12(2)3)5-6-15(13)17(19)21/h5-7,9-10,12H,4,8,11H2,1-3H3,(H,18,20). The first-order valence-electron chi connectivity index (χ1n) is 7.58. The summed E-state index contributed by atoms with van der Waals surface area (Å²) < 4.78 is 7.06. The van der Waals surface area contributed by atoms with E-state index in [1.165, 1.54) is 4.57 Å². The molecule has 1 amide bonds. The number of carbonyl (C=O) groups is 1. The molecule has 0 unspecified atom stereocenters. The average Bonchev–Trinajstić information content (AvgIpc) is 2.47. The van der Waals surface area contributed by atoms with Gasteiger partial charge in [0.05, 0.1) is 6.10 Å². The normalized spacial score (nSPS) is 10.9. The van der Waals surface area contributed by atoms with Crippen molar-refractivity contribution in [1.29, 1.82) is 0 Å². The molecule has 0 aliphatic carbocycles. The number of hydrogen-bond acceptors (Lipinski definition) is 3. The third kappa shape index (κ3) is 3.87. The molecule has 5 heteroatoms. The van der Waals surface area contributed by atoms with E-state index in [1.54, 1.807) is 18.3 Å². The van der Waals surface area contributed by atoms with E-state index >= 15 is 0 Å². The lowest BCUT2D eigenvalue weighted by Crippen LogP contribution is -2.32. The predicted octanol–water partition coefficient (Wildman–Crippen LogP) is 2.31. The van der Waals surface area contributed by atoms with Gasteiger partial charge < -0.3 is 14.6 Å². The molecule has 0 spiro atoms. The van der Waals surface area contributed by atoms with Crippen molar-refractivity contribution < 1.29 is 9.53 Å². The minimum Gasteiger partial charge on any atom is -0.491 e. The molecule has 2 aromatic rings. The number of ether oxygens (including phenoxy) is 1. The maximum absolute atomic E-state index is 12.4. The molecule has 1 heterocycles. The number of nitrogens with one attached hydrogen (secondary N) is 1. The van der Waals surface area contributed by atoms with Crippen LogP contribution in [0.5, 0.6) is 5.75 Å². The molecule has 0 saturated carbocycles. The van der Waals surface area contributed by atoms with Crippen molar-refractivity contribution in [1.82, 2.24) is 9.88 Å². The van der Waals surface area contributed by atoms with Gasteiger partial charge in [-0.15, -0.1) is 0 Å². The maximum Gasteiger partial charge on any atom is 0.258 e. The molecule has 118 valence electrons. The Balaban J connectivity index is 2.27. The van der Waals surface area contributed by atoms with Crippen molar-refractivity contribution >= 4 is 16.7 Å². The van der Waals surface area contributed by atoms with Crippen LogP contribution >= 0.6 is 0 Å². The first-order valence-corrected chi connectivity index (χ1v) is 7.58. The van der Waals surface area contributed by atoms with Crippen LogP contribution in [0.2, 0.25) is 0 Å². The quantitative estimate of drug-likeness (QED) is 0.891. The van der Waals surface area contributed by atoms with Gasteiger partial charge in [0.2, 0.25) is 5.91 Å². The van der Waals surface area contributed by atoms with Gasteiger partial charge in [0.15, 0.2) is 0 Å². The smallest absolute Gasteiger partial charge is 0.258 e. The third-order valence-electron chi connectivity index (χ3n) is 3.21. The van der Waals surface area contributed by atoms with Gasteiger partial charge in [0.1, 0.15) is 12.3 Å². The Morgan fingerprint density at radius 2 is 2.09 bits per heavy atom. The van der Waals surface area contributed by atoms with Crippen molar-refractivity contribution in [3.8, 4) is 5.75 Å². The molecule has 0 bridgehead atoms. The van der Waals surface area contributed by atoms with Gasteiger partial charge >= 0.3 is 0 Å². The van der Waals surface area contributed by atoms with Crippen LogP contribution in [0.3, 0.4) is 0 Å². The number of carbonyl (C=O) groups excluding carboxylic acids is 1. The molecular weight excluding hydrogens is 280 g/mol. The second-order valence-corrected chi connectivity index (χ2v) is 5.51. The van der Waals surface area contributed by atoms with Gasteiger partial charge in [0.25, 0.3) is 5.56 Å². The molecule has 0 aliphatic heterocycles. The molecule has 22 heavy (non-hydrogen) atoms. The van der Waals surface area contributed by atoms with Crippen molar-refractivity contribution in [3.63, 3.8) is 0 Å². The Hall–Kier alpha value is -2.30. The number of fused-ring (bicyclic) bond motifs is 1. The number of amides is 1. The third-order valence-corrected chi connectivity index (χ3v) is 3.21. The predicted molar refractivity (Wildman–Crippen MR) is 87.3 cm³/mol. The van der Waals surface area contributed by atoms with Crippen molar-refractivity contribution in [2.45, 2.75) is 39.8 Å². The monoisotopic (exact) mass is 302 g/mol. The highest BCUT2D eigenvalue weighted by Crippen LogP contribution is 2.19. The summed E-state index contributed by atoms with van der Waals surface area (Å²) in [5, 5.41) is 4.17. The Kier molecular flexibility index (Phi) is 5.20. The van der Waals surface area contributed by atoms with Gasteiger partial charge in [-0.05, 0) is 49.9 Å². The van der Waals surface area contributed by atoms with Crippen molar-refractivity contribution in [3.05, 3.63) is 40.8 Å². The first kappa shape index (κ1) is 16.1. The van der Waals surface area contributed by atoms with E-state index in [-0.39, 0.29) is 24.1 Å². The Morgan fingerprint density at radius 3 is 2.77 bits per heavy atom. The van der Waals surface area contributed by atoms with Crippen LogP contribution in [0.4, 0.5) is 0 Å². The summed E-state index contributed by atoms with van der Waals surface area (Å²) in [5.74, 6) is 0.586. The van der Waals surface area contributed by atoms with Crippen LogP contribution in [0.25, 0.3) is 10.8 Å². The number of pyridine rings is 1. The highest BCUT2D eigenvalue weighted by molar-refractivity contribution is 5.83. The molecule has 1 aromatic carbocycles. The fourth-order valence-corrected chi connectivity index (χ4v) is 2.21. The fourth-order valence-electron chi connectivity index (χ4n) is 2.21. The zero-order valence-electron chi connectivity index (χ0n) is 13.3. The minimum atomic E-state index is -0.166. The number of rotatable bonds is 6. The van der Waals surface area contributed by atoms with Crippen LogP contribution < -0.4 is 15.6 Å². The summed E-state index contributed by atoms with van der Waals surface area (Å²) in [5.41, 5.74) is -0.166. The summed E-state index contributed by atoms with van der Waals surface area (Å²) in [6.07, 6.45) is 2.60. The molecule has 0 radical (unpaired) electrons. The summed E-state index contributed by atoms with van der Waals surface area (Å²) in [4.78, 5) is 24.2. The molecular formula is C17H22N2O3. The molecule has 0 fully saturated rings. The van der Waals surface area contributed by atoms with Gasteiger partial charge in [-0.25, -0.2) is 0 Å². The van der Waals surface area contributed by atoms with E-state index in [1.807, 2.05) is 32.9 Å². The van der Waals surface area contributed by atoms with Gasteiger partial charge in [0, 0.05) is 18.1 Å². The van der Waals surface area contributed by atoms with E-state index in [9.17, 15) is 9.59 Å². The lowest BCUT2D eigenvalue weighted by molar-refractivity contribution is -0.121. The lowest BCUT2D eigenvalue weighted by Gasteiger charge is -2.11. The number of aromatic nitrogens is 1. The average molecular weight is 302 g/mol. The van der Waals surface area contributed by atoms with E-state index in [0.717, 1.165) is 17.6 Å². The highest BCUT2D eigenvalue weighted by Gasteiger charge is 2.08. The van der Waals surface area contributed by atoms with Crippen LogP contribution in [-0.2, 0) is 11.3 Å². The molecule has 1 aromatic heterocycles. The number of nitrogens with zero attached hydrogens (tertiary/aromatic N) is 1. The summed E-state index contributed by atoms with van der Waals surface area (Å²) in [7, 11) is 0. The van der Waals surface area contributed by atoms with Crippen molar-refractivity contribution in [2.24, 2.45) is 0 Å².